The standard InChI is InChI=1S/C10H10BrClOS/c1-6(11)10(13)7-3-4-9(14-2)8(12)5-7/h3-6H,1-2H3. The maximum Gasteiger partial charge on any atom is 0.176 e. The first-order valence-electron chi connectivity index (χ1n) is 4.08. The Morgan fingerprint density at radius 2 is 2.21 bits per heavy atom. The first-order valence-corrected chi connectivity index (χ1v) is 6.60. The summed E-state index contributed by atoms with van der Waals surface area (Å²) in [5, 5.41) is 0.636. The third-order valence-electron chi connectivity index (χ3n) is 1.80. The molecule has 0 aromatic heterocycles. The van der Waals surface area contributed by atoms with Crippen molar-refractivity contribution in [3.8, 4) is 0 Å². The lowest BCUT2D eigenvalue weighted by atomic mass is 10.1. The van der Waals surface area contributed by atoms with Crippen LogP contribution in [0.5, 0.6) is 0 Å². The Labute approximate surface area is 101 Å². The van der Waals surface area contributed by atoms with E-state index in [2.05, 4.69) is 15.9 Å². The highest BCUT2D eigenvalue weighted by Crippen LogP contribution is 2.26. The SMILES string of the molecule is CSc1ccc(C(=O)C(C)Br)cc1Cl. The minimum atomic E-state index is -0.168. The number of carbonyl (C=O) groups is 1. The normalized spacial score (nSPS) is 12.6. The van der Waals surface area contributed by atoms with Gasteiger partial charge in [-0.2, -0.15) is 0 Å². The summed E-state index contributed by atoms with van der Waals surface area (Å²) in [4.78, 5) is 12.4. The van der Waals surface area contributed by atoms with Crippen LogP contribution < -0.4 is 0 Å². The van der Waals surface area contributed by atoms with Gasteiger partial charge < -0.3 is 0 Å². The molecule has 0 aliphatic rings. The summed E-state index contributed by atoms with van der Waals surface area (Å²) in [6.45, 7) is 1.80. The predicted molar refractivity (Wildman–Crippen MR) is 66.0 cm³/mol. The summed E-state index contributed by atoms with van der Waals surface area (Å²) in [5.41, 5.74) is 0.650. The summed E-state index contributed by atoms with van der Waals surface area (Å²) >= 11 is 10.8. The molecule has 1 atom stereocenters. The molecular formula is C10H10BrClOS. The van der Waals surface area contributed by atoms with Gasteiger partial charge in [-0.15, -0.1) is 11.8 Å². The van der Waals surface area contributed by atoms with Crippen LogP contribution in [0.4, 0.5) is 0 Å². The highest BCUT2D eigenvalue weighted by Gasteiger charge is 2.12. The molecule has 1 unspecified atom stereocenters. The van der Waals surface area contributed by atoms with Crippen molar-refractivity contribution in [2.24, 2.45) is 0 Å². The third kappa shape index (κ3) is 2.75. The summed E-state index contributed by atoms with van der Waals surface area (Å²) < 4.78 is 0. The van der Waals surface area contributed by atoms with Crippen molar-refractivity contribution in [2.75, 3.05) is 6.26 Å². The van der Waals surface area contributed by atoms with Crippen LogP contribution in [0.15, 0.2) is 23.1 Å². The summed E-state index contributed by atoms with van der Waals surface area (Å²) in [6.07, 6.45) is 1.95. The number of hydrogen-bond acceptors (Lipinski definition) is 2. The Bertz CT molecular complexity index is 352. The minimum Gasteiger partial charge on any atom is -0.293 e. The van der Waals surface area contributed by atoms with E-state index in [4.69, 9.17) is 11.6 Å². The molecule has 1 rings (SSSR count). The molecule has 0 aliphatic carbocycles. The molecule has 0 fully saturated rings. The van der Waals surface area contributed by atoms with Gasteiger partial charge in [-0.05, 0) is 25.3 Å². The lowest BCUT2D eigenvalue weighted by molar-refractivity contribution is 0.0996. The summed E-state index contributed by atoms with van der Waals surface area (Å²) in [6, 6.07) is 5.39. The number of thioether (sulfide) groups is 1. The number of Topliss-reactive ketones (excluding diaryl/α,β-unsaturated/α-hetero) is 1. The fraction of sp³-hybridized carbons (Fsp3) is 0.300. The van der Waals surface area contributed by atoms with Crippen LogP contribution in [0.25, 0.3) is 0 Å². The molecule has 0 saturated carbocycles. The topological polar surface area (TPSA) is 17.1 Å². The monoisotopic (exact) mass is 292 g/mol. The Kier molecular flexibility index (Phi) is 4.48. The zero-order chi connectivity index (χ0) is 10.7. The maximum atomic E-state index is 11.6. The van der Waals surface area contributed by atoms with Gasteiger partial charge in [0.1, 0.15) is 0 Å². The molecule has 0 N–H and O–H groups in total. The van der Waals surface area contributed by atoms with Crippen molar-refractivity contribution in [2.45, 2.75) is 16.6 Å². The highest BCUT2D eigenvalue weighted by molar-refractivity contribution is 9.10. The van der Waals surface area contributed by atoms with Crippen LogP contribution in [0, 0.1) is 0 Å². The van der Waals surface area contributed by atoms with Gasteiger partial charge in [0, 0.05) is 10.5 Å². The van der Waals surface area contributed by atoms with Gasteiger partial charge in [0.2, 0.25) is 0 Å². The van der Waals surface area contributed by atoms with E-state index in [9.17, 15) is 4.79 Å². The Morgan fingerprint density at radius 1 is 1.57 bits per heavy atom. The molecule has 1 aromatic rings. The summed E-state index contributed by atoms with van der Waals surface area (Å²) in [7, 11) is 0. The van der Waals surface area contributed by atoms with Crippen molar-refractivity contribution in [1.29, 1.82) is 0 Å². The largest absolute Gasteiger partial charge is 0.293 e. The molecule has 0 saturated heterocycles. The van der Waals surface area contributed by atoms with E-state index in [1.807, 2.05) is 12.3 Å². The van der Waals surface area contributed by atoms with E-state index in [0.717, 1.165) is 4.90 Å². The van der Waals surface area contributed by atoms with Crippen LogP contribution in [0.1, 0.15) is 17.3 Å². The third-order valence-corrected chi connectivity index (χ3v) is 3.43. The van der Waals surface area contributed by atoms with Gasteiger partial charge in [0.25, 0.3) is 0 Å². The molecule has 1 nitrogen and oxygen atoms in total. The first-order chi connectivity index (χ1) is 6.56. The molecular weight excluding hydrogens is 284 g/mol. The minimum absolute atomic E-state index is 0.0551. The van der Waals surface area contributed by atoms with Gasteiger partial charge in [-0.1, -0.05) is 33.6 Å². The molecule has 0 radical (unpaired) electrons. The predicted octanol–water partition coefficient (Wildman–Crippen LogP) is 4.03. The summed E-state index contributed by atoms with van der Waals surface area (Å²) in [5.74, 6) is 0.0551. The van der Waals surface area contributed by atoms with Crippen LogP contribution >= 0.6 is 39.3 Å². The molecule has 14 heavy (non-hydrogen) atoms. The van der Waals surface area contributed by atoms with Crippen LogP contribution in [-0.2, 0) is 0 Å². The fourth-order valence-corrected chi connectivity index (χ4v) is 2.18. The molecule has 0 amide bonds. The Balaban J connectivity index is 3.03. The molecule has 76 valence electrons. The molecule has 0 bridgehead atoms. The number of rotatable bonds is 3. The Hall–Kier alpha value is 0.01000. The second-order valence-electron chi connectivity index (χ2n) is 2.83. The van der Waals surface area contributed by atoms with Crippen molar-refractivity contribution in [1.82, 2.24) is 0 Å². The number of benzene rings is 1. The average molecular weight is 294 g/mol. The number of carbonyl (C=O) groups excluding carboxylic acids is 1. The van der Waals surface area contributed by atoms with Crippen molar-refractivity contribution >= 4 is 45.1 Å². The second kappa shape index (κ2) is 5.19. The van der Waals surface area contributed by atoms with E-state index >= 15 is 0 Å². The van der Waals surface area contributed by atoms with E-state index < -0.39 is 0 Å². The maximum absolute atomic E-state index is 11.6. The van der Waals surface area contributed by atoms with E-state index in [1.165, 1.54) is 0 Å². The van der Waals surface area contributed by atoms with E-state index in [0.29, 0.717) is 10.6 Å². The van der Waals surface area contributed by atoms with Gasteiger partial charge in [0.05, 0.1) is 9.85 Å². The molecule has 1 aromatic carbocycles. The zero-order valence-electron chi connectivity index (χ0n) is 7.88. The first kappa shape index (κ1) is 12.1. The fourth-order valence-electron chi connectivity index (χ4n) is 1.05. The quantitative estimate of drug-likeness (QED) is 0.475. The number of hydrogen-bond donors (Lipinski definition) is 0. The van der Waals surface area contributed by atoms with Crippen molar-refractivity contribution < 1.29 is 4.79 Å². The Morgan fingerprint density at radius 3 is 2.64 bits per heavy atom. The van der Waals surface area contributed by atoms with Gasteiger partial charge >= 0.3 is 0 Å². The average Bonchev–Trinajstić information content (AvgIpc) is 2.16. The number of ketones is 1. The van der Waals surface area contributed by atoms with Crippen LogP contribution in [-0.4, -0.2) is 16.9 Å². The smallest absolute Gasteiger partial charge is 0.176 e. The van der Waals surface area contributed by atoms with Gasteiger partial charge in [-0.25, -0.2) is 0 Å². The zero-order valence-corrected chi connectivity index (χ0v) is 11.0. The molecule has 4 heteroatoms. The van der Waals surface area contributed by atoms with Crippen LogP contribution in [0.3, 0.4) is 0 Å². The lowest BCUT2D eigenvalue weighted by Crippen LogP contribution is -2.09. The highest BCUT2D eigenvalue weighted by atomic mass is 79.9. The van der Waals surface area contributed by atoms with E-state index in [-0.39, 0.29) is 10.6 Å². The van der Waals surface area contributed by atoms with Gasteiger partial charge in [0.15, 0.2) is 5.78 Å². The van der Waals surface area contributed by atoms with E-state index in [1.54, 1.807) is 30.8 Å². The lowest BCUT2D eigenvalue weighted by Gasteiger charge is -2.05. The molecule has 0 spiro atoms. The second-order valence-corrected chi connectivity index (χ2v) is 5.46. The van der Waals surface area contributed by atoms with Crippen molar-refractivity contribution in [3.05, 3.63) is 28.8 Å². The number of alkyl halides is 1. The van der Waals surface area contributed by atoms with Crippen LogP contribution in [0.2, 0.25) is 5.02 Å². The van der Waals surface area contributed by atoms with Gasteiger partial charge in [-0.3, -0.25) is 4.79 Å². The number of halogens is 2. The molecule has 0 aliphatic heterocycles. The van der Waals surface area contributed by atoms with Crippen molar-refractivity contribution in [3.63, 3.8) is 0 Å². The molecule has 0 heterocycles.